The lowest BCUT2D eigenvalue weighted by molar-refractivity contribution is -0.136. The van der Waals surface area contributed by atoms with Crippen molar-refractivity contribution in [3.63, 3.8) is 0 Å². The number of hydrogen-bond donors (Lipinski definition) is 2. The van der Waals surface area contributed by atoms with Gasteiger partial charge in [-0.1, -0.05) is 24.2 Å². The Morgan fingerprint density at radius 2 is 2.14 bits per heavy atom. The van der Waals surface area contributed by atoms with E-state index in [2.05, 4.69) is 25.8 Å². The number of rotatable bonds is 6. The molecule has 2 aromatic rings. The third-order valence-corrected chi connectivity index (χ3v) is 2.40. The predicted octanol–water partition coefficient (Wildman–Crippen LogP) is 0.0503. The molecule has 2 N–H and O–H groups in total. The molecular weight excluding hydrogens is 280 g/mol. The Hall–Kier alpha value is -2.78. The zero-order valence-electron chi connectivity index (χ0n) is 11.5. The Morgan fingerprint density at radius 1 is 1.38 bits per heavy atom. The summed E-state index contributed by atoms with van der Waals surface area (Å²) in [5, 5.41) is 25.8. The molecule has 1 amide bonds. The molecule has 0 fully saturated rings. The largest absolute Gasteiger partial charge is 0.481 e. The van der Waals surface area contributed by atoms with Crippen LogP contribution in [0.3, 0.4) is 0 Å². The quantitative estimate of drug-likeness (QED) is 0.762. The maximum absolute atomic E-state index is 11.7. The molecule has 2 rings (SSSR count). The standard InChI is InChI=1S/C11H14N6O4/c1-6(2)10-14-15-11(21-10)12-8(18)5-17-4-7(13-16-17)3-9(19)20/h4,6H,3,5H2,1-2H3,(H,19,20)(H,12,15,18). The van der Waals surface area contributed by atoms with E-state index in [9.17, 15) is 9.59 Å². The van der Waals surface area contributed by atoms with Crippen LogP contribution in [0.5, 0.6) is 0 Å². The van der Waals surface area contributed by atoms with Crippen molar-refractivity contribution in [3.05, 3.63) is 17.8 Å². The molecule has 10 nitrogen and oxygen atoms in total. The molecule has 0 aliphatic rings. The molecule has 21 heavy (non-hydrogen) atoms. The second-order valence-electron chi connectivity index (χ2n) is 4.63. The van der Waals surface area contributed by atoms with Gasteiger partial charge in [-0.3, -0.25) is 14.9 Å². The summed E-state index contributed by atoms with van der Waals surface area (Å²) in [5.41, 5.74) is 0.273. The van der Waals surface area contributed by atoms with Crippen LogP contribution in [0.25, 0.3) is 0 Å². The first-order valence-corrected chi connectivity index (χ1v) is 6.18. The summed E-state index contributed by atoms with van der Waals surface area (Å²) >= 11 is 0. The van der Waals surface area contributed by atoms with Gasteiger partial charge in [-0.2, -0.15) is 0 Å². The third kappa shape index (κ3) is 4.09. The van der Waals surface area contributed by atoms with E-state index in [0.717, 1.165) is 0 Å². The van der Waals surface area contributed by atoms with Gasteiger partial charge in [0, 0.05) is 12.1 Å². The molecule has 112 valence electrons. The number of carbonyl (C=O) groups is 2. The predicted molar refractivity (Wildman–Crippen MR) is 68.4 cm³/mol. The molecule has 0 atom stereocenters. The Labute approximate surface area is 119 Å². The molecule has 2 aromatic heterocycles. The molecule has 0 saturated carbocycles. The fourth-order valence-electron chi connectivity index (χ4n) is 1.48. The summed E-state index contributed by atoms with van der Waals surface area (Å²) in [5.74, 6) is -0.953. The number of carboxylic acids is 1. The summed E-state index contributed by atoms with van der Waals surface area (Å²) in [6, 6.07) is 0.00887. The van der Waals surface area contributed by atoms with E-state index in [4.69, 9.17) is 9.52 Å². The van der Waals surface area contributed by atoms with E-state index in [1.54, 1.807) is 0 Å². The van der Waals surface area contributed by atoms with Crippen LogP contribution in [-0.4, -0.2) is 42.2 Å². The smallest absolute Gasteiger partial charge is 0.322 e. The van der Waals surface area contributed by atoms with Crippen molar-refractivity contribution >= 4 is 17.9 Å². The maximum Gasteiger partial charge on any atom is 0.322 e. The molecule has 0 aliphatic carbocycles. The van der Waals surface area contributed by atoms with Crippen LogP contribution in [0.2, 0.25) is 0 Å². The number of nitrogens with one attached hydrogen (secondary N) is 1. The third-order valence-electron chi connectivity index (χ3n) is 2.40. The molecule has 10 heteroatoms. The highest BCUT2D eigenvalue weighted by molar-refractivity contribution is 5.88. The Kier molecular flexibility index (Phi) is 4.26. The number of aliphatic carboxylic acids is 1. The highest BCUT2D eigenvalue weighted by atomic mass is 16.4. The van der Waals surface area contributed by atoms with E-state index < -0.39 is 11.9 Å². The van der Waals surface area contributed by atoms with Gasteiger partial charge < -0.3 is 9.52 Å². The van der Waals surface area contributed by atoms with Gasteiger partial charge in [-0.25, -0.2) is 4.68 Å². The Balaban J connectivity index is 1.91. The SMILES string of the molecule is CC(C)c1nnc(NC(=O)Cn2cc(CC(=O)O)nn2)o1. The van der Waals surface area contributed by atoms with Gasteiger partial charge in [-0.05, 0) is 0 Å². The molecule has 0 unspecified atom stereocenters. The summed E-state index contributed by atoms with van der Waals surface area (Å²) in [6.07, 6.45) is 1.14. The fourth-order valence-corrected chi connectivity index (χ4v) is 1.48. The number of carboxylic acid groups (broad SMARTS) is 1. The normalized spacial score (nSPS) is 10.8. The van der Waals surface area contributed by atoms with E-state index in [0.29, 0.717) is 5.89 Å². The first-order valence-electron chi connectivity index (χ1n) is 6.18. The van der Waals surface area contributed by atoms with Gasteiger partial charge >= 0.3 is 12.0 Å². The lowest BCUT2D eigenvalue weighted by Crippen LogP contribution is -2.19. The summed E-state index contributed by atoms with van der Waals surface area (Å²) in [7, 11) is 0. The Bertz CT molecular complexity index is 647. The van der Waals surface area contributed by atoms with E-state index in [-0.39, 0.29) is 30.6 Å². The van der Waals surface area contributed by atoms with E-state index in [1.807, 2.05) is 13.8 Å². The van der Waals surface area contributed by atoms with Gasteiger partial charge in [0.1, 0.15) is 6.54 Å². The van der Waals surface area contributed by atoms with Crippen molar-refractivity contribution in [3.8, 4) is 0 Å². The van der Waals surface area contributed by atoms with Gasteiger partial charge in [0.2, 0.25) is 11.8 Å². The average Bonchev–Trinajstić information content (AvgIpc) is 2.98. The topological polar surface area (TPSA) is 136 Å². The van der Waals surface area contributed by atoms with Crippen LogP contribution in [0.15, 0.2) is 10.6 Å². The zero-order chi connectivity index (χ0) is 15.4. The number of anilines is 1. The number of carbonyl (C=O) groups excluding carboxylic acids is 1. The van der Waals surface area contributed by atoms with Crippen LogP contribution in [0, 0.1) is 0 Å². The van der Waals surface area contributed by atoms with Crippen molar-refractivity contribution in [2.24, 2.45) is 0 Å². The molecule has 0 radical (unpaired) electrons. The first-order chi connectivity index (χ1) is 9.94. The zero-order valence-corrected chi connectivity index (χ0v) is 11.5. The van der Waals surface area contributed by atoms with E-state index in [1.165, 1.54) is 10.9 Å². The Morgan fingerprint density at radius 3 is 2.76 bits per heavy atom. The highest BCUT2D eigenvalue weighted by Gasteiger charge is 2.13. The van der Waals surface area contributed by atoms with Crippen molar-refractivity contribution in [1.29, 1.82) is 0 Å². The molecule has 0 saturated heterocycles. The van der Waals surface area contributed by atoms with Gasteiger partial charge in [0.25, 0.3) is 0 Å². The summed E-state index contributed by atoms with van der Waals surface area (Å²) in [6.45, 7) is 3.64. The molecule has 0 aliphatic heterocycles. The lowest BCUT2D eigenvalue weighted by atomic mass is 10.2. The molecule has 0 aromatic carbocycles. The second kappa shape index (κ2) is 6.11. The number of hydrogen-bond acceptors (Lipinski definition) is 7. The van der Waals surface area contributed by atoms with Gasteiger partial charge in [0.05, 0.1) is 12.1 Å². The maximum atomic E-state index is 11.7. The minimum Gasteiger partial charge on any atom is -0.481 e. The summed E-state index contributed by atoms with van der Waals surface area (Å²) in [4.78, 5) is 22.3. The number of aromatic nitrogens is 5. The minimum atomic E-state index is -1.02. The lowest BCUT2D eigenvalue weighted by Gasteiger charge is -2.00. The monoisotopic (exact) mass is 294 g/mol. The second-order valence-corrected chi connectivity index (χ2v) is 4.63. The van der Waals surface area contributed by atoms with Crippen molar-refractivity contribution < 1.29 is 19.1 Å². The first kappa shape index (κ1) is 14.6. The molecule has 0 spiro atoms. The van der Waals surface area contributed by atoms with Crippen molar-refractivity contribution in [1.82, 2.24) is 25.2 Å². The van der Waals surface area contributed by atoms with Crippen molar-refractivity contribution in [2.45, 2.75) is 32.7 Å². The minimum absolute atomic E-state index is 0.00887. The molecule has 0 bridgehead atoms. The van der Waals surface area contributed by atoms with Crippen LogP contribution in [0.1, 0.15) is 31.4 Å². The van der Waals surface area contributed by atoms with Gasteiger partial charge in [0.15, 0.2) is 0 Å². The van der Waals surface area contributed by atoms with Crippen LogP contribution < -0.4 is 5.32 Å². The molecular formula is C11H14N6O4. The van der Waals surface area contributed by atoms with Crippen LogP contribution >= 0.6 is 0 Å². The average molecular weight is 294 g/mol. The number of amides is 1. The highest BCUT2D eigenvalue weighted by Crippen LogP contribution is 2.14. The fraction of sp³-hybridized carbons (Fsp3) is 0.455. The van der Waals surface area contributed by atoms with Crippen molar-refractivity contribution in [2.75, 3.05) is 5.32 Å². The van der Waals surface area contributed by atoms with Crippen LogP contribution in [-0.2, 0) is 22.6 Å². The van der Waals surface area contributed by atoms with Crippen LogP contribution in [0.4, 0.5) is 6.01 Å². The van der Waals surface area contributed by atoms with E-state index >= 15 is 0 Å². The summed E-state index contributed by atoms with van der Waals surface area (Å²) < 4.78 is 6.46. The number of nitrogens with zero attached hydrogens (tertiary/aromatic N) is 5. The molecule has 2 heterocycles. The van der Waals surface area contributed by atoms with Gasteiger partial charge in [-0.15, -0.1) is 10.2 Å².